The first-order valence-electron chi connectivity index (χ1n) is 8.31. The molecule has 0 spiro atoms. The van der Waals surface area contributed by atoms with E-state index in [1.807, 2.05) is 24.3 Å². The summed E-state index contributed by atoms with van der Waals surface area (Å²) in [6.45, 7) is 3.07. The maximum absolute atomic E-state index is 12.2. The van der Waals surface area contributed by atoms with Gasteiger partial charge in [0.1, 0.15) is 16.1 Å². The monoisotopic (exact) mass is 465 g/mol. The van der Waals surface area contributed by atoms with Crippen LogP contribution in [-0.2, 0) is 9.53 Å². The van der Waals surface area contributed by atoms with Gasteiger partial charge in [-0.05, 0) is 24.3 Å². The van der Waals surface area contributed by atoms with Crippen LogP contribution in [0.2, 0.25) is 0 Å². The van der Waals surface area contributed by atoms with Gasteiger partial charge in [-0.1, -0.05) is 39.0 Å². The Morgan fingerprint density at radius 3 is 2.81 bits per heavy atom. The number of nitrogens with one attached hydrogen (secondary N) is 1. The number of fused-ring (bicyclic) bond motifs is 1. The second-order valence-electron chi connectivity index (χ2n) is 5.77. The average molecular weight is 466 g/mol. The summed E-state index contributed by atoms with van der Waals surface area (Å²) in [5.41, 5.74) is 1.44. The number of benzene rings is 1. The van der Waals surface area contributed by atoms with Crippen LogP contribution >= 0.6 is 39.0 Å². The fraction of sp³-hybridized carbons (Fsp3) is 0.294. The van der Waals surface area contributed by atoms with Gasteiger partial charge in [-0.2, -0.15) is 4.98 Å². The van der Waals surface area contributed by atoms with Crippen molar-refractivity contribution in [3.05, 3.63) is 35.1 Å². The third-order valence-corrected chi connectivity index (χ3v) is 6.66. The Hall–Kier alpha value is -1.75. The molecule has 0 saturated carbocycles. The minimum Gasteiger partial charge on any atom is -0.378 e. The van der Waals surface area contributed by atoms with Crippen LogP contribution in [0.25, 0.3) is 10.3 Å². The molecular weight excluding hydrogens is 450 g/mol. The zero-order valence-corrected chi connectivity index (χ0v) is 17.4. The van der Waals surface area contributed by atoms with Crippen molar-refractivity contribution < 1.29 is 9.53 Å². The standard InChI is InChI=1S/C17H16BrN5O2S2/c18-11-1-3-12(4-2-11)21-13(24)9-26-16-14-15(19-10-20-16)22-17(27-14)23-5-7-25-8-6-23/h1-4,10H,5-9H2,(H,21,24). The van der Waals surface area contributed by atoms with Crippen molar-refractivity contribution >= 4 is 66.1 Å². The summed E-state index contributed by atoms with van der Waals surface area (Å²) in [6.07, 6.45) is 1.50. The van der Waals surface area contributed by atoms with E-state index >= 15 is 0 Å². The molecule has 2 aromatic heterocycles. The molecule has 1 amide bonds. The van der Waals surface area contributed by atoms with Crippen molar-refractivity contribution in [1.29, 1.82) is 0 Å². The van der Waals surface area contributed by atoms with Crippen LogP contribution in [0.5, 0.6) is 0 Å². The summed E-state index contributed by atoms with van der Waals surface area (Å²) >= 11 is 6.34. The average Bonchev–Trinajstić information content (AvgIpc) is 3.14. The van der Waals surface area contributed by atoms with E-state index < -0.39 is 0 Å². The topological polar surface area (TPSA) is 80.2 Å². The Kier molecular flexibility index (Phi) is 5.86. The van der Waals surface area contributed by atoms with Crippen LogP contribution in [0.15, 0.2) is 40.1 Å². The highest BCUT2D eigenvalue weighted by Gasteiger charge is 2.18. The molecule has 3 aromatic rings. The predicted molar refractivity (Wildman–Crippen MR) is 112 cm³/mol. The minimum absolute atomic E-state index is 0.0768. The summed E-state index contributed by atoms with van der Waals surface area (Å²) in [7, 11) is 0. The molecule has 1 aliphatic heterocycles. The summed E-state index contributed by atoms with van der Waals surface area (Å²) in [5.74, 6) is 0.194. The molecule has 7 nitrogen and oxygen atoms in total. The number of rotatable bonds is 5. The van der Waals surface area contributed by atoms with Crippen molar-refractivity contribution in [2.45, 2.75) is 5.03 Å². The first kappa shape index (κ1) is 18.6. The number of carbonyl (C=O) groups excluding carboxylic acids is 1. The van der Waals surface area contributed by atoms with Crippen LogP contribution in [-0.4, -0.2) is 52.9 Å². The SMILES string of the molecule is O=C(CSc1ncnc2nc(N3CCOCC3)sc12)Nc1ccc(Br)cc1. The summed E-state index contributed by atoms with van der Waals surface area (Å²) in [5, 5.41) is 4.59. The van der Waals surface area contributed by atoms with Crippen molar-refractivity contribution in [2.24, 2.45) is 0 Å². The van der Waals surface area contributed by atoms with E-state index in [2.05, 4.69) is 41.1 Å². The van der Waals surface area contributed by atoms with Crippen molar-refractivity contribution in [3.8, 4) is 0 Å². The number of aromatic nitrogens is 3. The molecule has 0 radical (unpaired) electrons. The van der Waals surface area contributed by atoms with E-state index in [4.69, 9.17) is 4.74 Å². The second-order valence-corrected chi connectivity index (χ2v) is 8.63. The van der Waals surface area contributed by atoms with Gasteiger partial charge in [-0.15, -0.1) is 0 Å². The maximum atomic E-state index is 12.2. The summed E-state index contributed by atoms with van der Waals surface area (Å²) < 4.78 is 7.28. The number of nitrogens with zero attached hydrogens (tertiary/aromatic N) is 4. The lowest BCUT2D eigenvalue weighted by Crippen LogP contribution is -2.36. The van der Waals surface area contributed by atoms with Gasteiger partial charge >= 0.3 is 0 Å². The quantitative estimate of drug-likeness (QED) is 0.456. The van der Waals surface area contributed by atoms with Gasteiger partial charge in [0.05, 0.1) is 19.0 Å². The van der Waals surface area contributed by atoms with Gasteiger partial charge in [0, 0.05) is 23.2 Å². The van der Waals surface area contributed by atoms with Crippen LogP contribution < -0.4 is 10.2 Å². The highest BCUT2D eigenvalue weighted by Crippen LogP contribution is 2.34. The zero-order valence-electron chi connectivity index (χ0n) is 14.2. The highest BCUT2D eigenvalue weighted by molar-refractivity contribution is 9.10. The predicted octanol–water partition coefficient (Wildman–Crippen LogP) is 3.42. The lowest BCUT2D eigenvalue weighted by atomic mass is 10.3. The van der Waals surface area contributed by atoms with Gasteiger partial charge in [-0.3, -0.25) is 4.79 Å². The van der Waals surface area contributed by atoms with Crippen molar-refractivity contribution in [1.82, 2.24) is 15.0 Å². The molecule has 1 saturated heterocycles. The first-order valence-corrected chi connectivity index (χ1v) is 10.9. The van der Waals surface area contributed by atoms with Gasteiger partial charge in [-0.25, -0.2) is 9.97 Å². The Morgan fingerprint density at radius 2 is 2.04 bits per heavy atom. The maximum Gasteiger partial charge on any atom is 0.234 e. The molecule has 3 heterocycles. The van der Waals surface area contributed by atoms with Crippen LogP contribution in [0.3, 0.4) is 0 Å². The number of carbonyl (C=O) groups is 1. The fourth-order valence-electron chi connectivity index (χ4n) is 2.58. The molecule has 0 aliphatic carbocycles. The number of ether oxygens (including phenoxy) is 1. The fourth-order valence-corrected chi connectivity index (χ4v) is 4.79. The van der Waals surface area contributed by atoms with E-state index in [9.17, 15) is 4.79 Å². The number of amides is 1. The van der Waals surface area contributed by atoms with Crippen molar-refractivity contribution in [2.75, 3.05) is 42.3 Å². The van der Waals surface area contributed by atoms with Crippen LogP contribution in [0.4, 0.5) is 10.8 Å². The molecule has 0 bridgehead atoms. The van der Waals surface area contributed by atoms with Crippen LogP contribution in [0, 0.1) is 0 Å². The van der Waals surface area contributed by atoms with E-state index in [1.54, 1.807) is 11.3 Å². The minimum atomic E-state index is -0.0768. The van der Waals surface area contributed by atoms with E-state index in [0.717, 1.165) is 38.1 Å². The molecule has 27 heavy (non-hydrogen) atoms. The third-order valence-electron chi connectivity index (χ3n) is 3.90. The van der Waals surface area contributed by atoms with Gasteiger partial charge in [0.25, 0.3) is 0 Å². The number of hydrogen-bond acceptors (Lipinski definition) is 8. The normalized spacial score (nSPS) is 14.5. The van der Waals surface area contributed by atoms with Crippen LogP contribution in [0.1, 0.15) is 0 Å². The van der Waals surface area contributed by atoms with Crippen molar-refractivity contribution in [3.63, 3.8) is 0 Å². The lowest BCUT2D eigenvalue weighted by Gasteiger charge is -2.25. The van der Waals surface area contributed by atoms with Gasteiger partial charge in [0.2, 0.25) is 5.91 Å². The molecule has 0 atom stereocenters. The number of halogens is 1. The summed E-state index contributed by atoms with van der Waals surface area (Å²) in [4.78, 5) is 27.7. The molecule has 10 heteroatoms. The molecule has 1 aliphatic rings. The molecular formula is C17H16BrN5O2S2. The number of anilines is 2. The Bertz CT molecular complexity index is 944. The number of thioether (sulfide) groups is 1. The number of thiazole rings is 1. The third kappa shape index (κ3) is 4.57. The van der Waals surface area contributed by atoms with E-state index in [-0.39, 0.29) is 11.7 Å². The lowest BCUT2D eigenvalue weighted by molar-refractivity contribution is -0.113. The smallest absolute Gasteiger partial charge is 0.234 e. The Labute approximate surface area is 172 Å². The second kappa shape index (κ2) is 8.51. The number of hydrogen-bond donors (Lipinski definition) is 1. The molecule has 140 valence electrons. The van der Waals surface area contributed by atoms with E-state index in [1.165, 1.54) is 18.1 Å². The molecule has 1 N–H and O–H groups in total. The highest BCUT2D eigenvalue weighted by atomic mass is 79.9. The molecule has 0 unspecified atom stereocenters. The Morgan fingerprint density at radius 1 is 1.26 bits per heavy atom. The molecule has 4 rings (SSSR count). The summed E-state index contributed by atoms with van der Waals surface area (Å²) in [6, 6.07) is 7.49. The zero-order chi connectivity index (χ0) is 18.6. The van der Waals surface area contributed by atoms with E-state index in [0.29, 0.717) is 18.9 Å². The van der Waals surface area contributed by atoms with Gasteiger partial charge in [0.15, 0.2) is 10.8 Å². The largest absolute Gasteiger partial charge is 0.378 e. The molecule has 1 fully saturated rings. The van der Waals surface area contributed by atoms with Gasteiger partial charge < -0.3 is 15.0 Å². The number of morpholine rings is 1. The first-order chi connectivity index (χ1) is 13.2. The Balaban J connectivity index is 1.44. The molecule has 1 aromatic carbocycles.